The average molecular weight is 667 g/mol. The third-order valence-electron chi connectivity index (χ3n) is 9.63. The standard InChI is InChI=1S/C37H54N4O7/c1-25-20-41(26(2)23-42)36(43)31-19-30(39-37(44)38-29-11-6-5-7-12-29)14-16-32(31)48-27(3)10-8-9-17-45-35(25)22-40(4)21-28-13-15-33-34(18-28)47-24-46-33/h13-16,18-19,25-27,29,35,42H,5-12,17,20-24H2,1-4H3,(H2,38,39,44)/t25-,26+,27-,35-/m1/s1. The van der Waals surface area contributed by atoms with Gasteiger partial charge in [-0.05, 0) is 88.9 Å². The Hall–Kier alpha value is -3.54. The number of nitrogens with zero attached hydrogens (tertiary/aromatic N) is 2. The van der Waals surface area contributed by atoms with E-state index in [0.29, 0.717) is 43.2 Å². The van der Waals surface area contributed by atoms with Crippen molar-refractivity contribution < 1.29 is 33.6 Å². The van der Waals surface area contributed by atoms with Crippen molar-refractivity contribution >= 4 is 17.6 Å². The summed E-state index contributed by atoms with van der Waals surface area (Å²) < 4.78 is 23.9. The van der Waals surface area contributed by atoms with Gasteiger partial charge in [-0.25, -0.2) is 4.79 Å². The van der Waals surface area contributed by atoms with Gasteiger partial charge >= 0.3 is 6.03 Å². The summed E-state index contributed by atoms with van der Waals surface area (Å²) in [5.74, 6) is 1.70. The lowest BCUT2D eigenvalue weighted by Gasteiger charge is -2.36. The molecule has 1 fully saturated rings. The number of fused-ring (bicyclic) bond motifs is 2. The van der Waals surface area contributed by atoms with Gasteiger partial charge in [0.25, 0.3) is 5.91 Å². The Morgan fingerprint density at radius 1 is 1.00 bits per heavy atom. The SMILES string of the molecule is C[C@@H]1CCCCO[C@H](CN(C)Cc2ccc3c(c2)OCO3)[C@H](C)CN([C@@H](C)CO)C(=O)c2cc(NC(=O)NC3CCCCC3)ccc2O1. The molecule has 0 spiro atoms. The number of urea groups is 1. The molecule has 11 heteroatoms. The van der Waals surface area contributed by atoms with Gasteiger partial charge in [-0.1, -0.05) is 32.3 Å². The second kappa shape index (κ2) is 17.2. The Morgan fingerprint density at radius 2 is 1.75 bits per heavy atom. The van der Waals surface area contributed by atoms with Crippen LogP contribution in [0.4, 0.5) is 10.5 Å². The van der Waals surface area contributed by atoms with Crippen LogP contribution < -0.4 is 24.8 Å². The molecule has 2 aromatic rings. The molecular formula is C37H54N4O7. The lowest BCUT2D eigenvalue weighted by Crippen LogP contribution is -2.47. The third kappa shape index (κ3) is 9.76. The van der Waals surface area contributed by atoms with Crippen molar-refractivity contribution in [2.75, 3.05) is 45.5 Å². The summed E-state index contributed by atoms with van der Waals surface area (Å²) in [6, 6.07) is 10.7. The van der Waals surface area contributed by atoms with Gasteiger partial charge in [-0.2, -0.15) is 0 Å². The number of rotatable bonds is 8. The summed E-state index contributed by atoms with van der Waals surface area (Å²) in [5, 5.41) is 16.3. The van der Waals surface area contributed by atoms with E-state index < -0.39 is 6.04 Å². The molecule has 3 amide bonds. The molecule has 0 aromatic heterocycles. The van der Waals surface area contributed by atoms with Crippen LogP contribution in [0.25, 0.3) is 0 Å². The molecule has 11 nitrogen and oxygen atoms in total. The number of benzene rings is 2. The highest BCUT2D eigenvalue weighted by molar-refractivity contribution is 5.99. The minimum atomic E-state index is -0.448. The molecular weight excluding hydrogens is 612 g/mol. The van der Waals surface area contributed by atoms with Gasteiger partial charge in [0.1, 0.15) is 5.75 Å². The number of aliphatic hydroxyl groups excluding tert-OH is 1. The van der Waals surface area contributed by atoms with E-state index in [1.54, 1.807) is 23.1 Å². The lowest BCUT2D eigenvalue weighted by molar-refractivity contribution is -0.0177. The van der Waals surface area contributed by atoms with Crippen molar-refractivity contribution in [2.24, 2.45) is 5.92 Å². The monoisotopic (exact) mass is 666 g/mol. The Bertz CT molecular complexity index is 1370. The molecule has 2 aromatic carbocycles. The predicted octanol–water partition coefficient (Wildman–Crippen LogP) is 5.80. The number of anilines is 1. The number of nitrogens with one attached hydrogen (secondary N) is 2. The van der Waals surface area contributed by atoms with Crippen molar-refractivity contribution in [3.63, 3.8) is 0 Å². The second-order valence-electron chi connectivity index (χ2n) is 13.8. The van der Waals surface area contributed by atoms with E-state index in [1.165, 1.54) is 6.42 Å². The maximum Gasteiger partial charge on any atom is 0.319 e. The number of ether oxygens (including phenoxy) is 4. The molecule has 3 N–H and O–H groups in total. The van der Waals surface area contributed by atoms with Crippen LogP contribution in [0.2, 0.25) is 0 Å². The fraction of sp³-hybridized carbons (Fsp3) is 0.622. The Balaban J connectivity index is 1.34. The molecule has 0 saturated heterocycles. The van der Waals surface area contributed by atoms with Crippen LogP contribution in [-0.2, 0) is 11.3 Å². The summed E-state index contributed by atoms with van der Waals surface area (Å²) in [7, 11) is 2.07. The highest BCUT2D eigenvalue weighted by Crippen LogP contribution is 2.33. The first-order valence-corrected chi connectivity index (χ1v) is 17.7. The zero-order valence-electron chi connectivity index (χ0n) is 29.0. The lowest BCUT2D eigenvalue weighted by atomic mass is 9.96. The Morgan fingerprint density at radius 3 is 2.54 bits per heavy atom. The van der Waals surface area contributed by atoms with Crippen molar-refractivity contribution in [1.82, 2.24) is 15.1 Å². The minimum absolute atomic E-state index is 0.0454. The van der Waals surface area contributed by atoms with Gasteiger partial charge in [0.2, 0.25) is 6.79 Å². The molecule has 1 aliphatic carbocycles. The first kappa shape index (κ1) is 35.8. The predicted molar refractivity (Wildman–Crippen MR) is 185 cm³/mol. The summed E-state index contributed by atoms with van der Waals surface area (Å²) in [6.07, 6.45) is 7.74. The van der Waals surface area contributed by atoms with E-state index >= 15 is 0 Å². The molecule has 0 radical (unpaired) electrons. The topological polar surface area (TPSA) is 122 Å². The van der Waals surface area contributed by atoms with Crippen LogP contribution in [0.15, 0.2) is 36.4 Å². The van der Waals surface area contributed by atoms with E-state index in [9.17, 15) is 14.7 Å². The zero-order valence-corrected chi connectivity index (χ0v) is 29.0. The molecule has 1 saturated carbocycles. The summed E-state index contributed by atoms with van der Waals surface area (Å²) in [4.78, 5) is 31.2. The van der Waals surface area contributed by atoms with Crippen LogP contribution in [0.3, 0.4) is 0 Å². The largest absolute Gasteiger partial charge is 0.490 e. The first-order valence-electron chi connectivity index (χ1n) is 17.7. The van der Waals surface area contributed by atoms with E-state index in [-0.39, 0.29) is 49.5 Å². The van der Waals surface area contributed by atoms with Gasteiger partial charge < -0.3 is 39.6 Å². The maximum absolute atomic E-state index is 14.4. The summed E-state index contributed by atoms with van der Waals surface area (Å²) in [5.41, 5.74) is 1.99. The number of hydrogen-bond donors (Lipinski definition) is 3. The van der Waals surface area contributed by atoms with E-state index in [1.807, 2.05) is 26.0 Å². The highest BCUT2D eigenvalue weighted by Gasteiger charge is 2.31. The molecule has 2 heterocycles. The number of aliphatic hydroxyl groups is 1. The fourth-order valence-electron chi connectivity index (χ4n) is 6.79. The molecule has 264 valence electrons. The number of amides is 3. The zero-order chi connectivity index (χ0) is 34.0. The van der Waals surface area contributed by atoms with Crippen molar-refractivity contribution in [2.45, 2.75) is 103 Å². The summed E-state index contributed by atoms with van der Waals surface area (Å²) in [6.45, 7) is 8.34. The van der Waals surface area contributed by atoms with Crippen molar-refractivity contribution in [3.05, 3.63) is 47.5 Å². The number of carbonyl (C=O) groups is 2. The van der Waals surface area contributed by atoms with Crippen molar-refractivity contribution in [3.8, 4) is 17.2 Å². The number of likely N-dealkylation sites (N-methyl/N-ethyl adjacent to an activating group) is 1. The van der Waals surface area contributed by atoms with Crippen LogP contribution in [-0.4, -0.2) is 91.3 Å². The molecule has 3 aliphatic rings. The minimum Gasteiger partial charge on any atom is -0.490 e. The number of carbonyl (C=O) groups excluding carboxylic acids is 2. The Kier molecular flexibility index (Phi) is 12.8. The van der Waals surface area contributed by atoms with Gasteiger partial charge in [-0.15, -0.1) is 0 Å². The molecule has 0 unspecified atom stereocenters. The average Bonchev–Trinajstić information content (AvgIpc) is 3.54. The maximum atomic E-state index is 14.4. The molecule has 4 atom stereocenters. The van der Waals surface area contributed by atoms with Gasteiger partial charge in [0.05, 0.1) is 30.4 Å². The molecule has 5 rings (SSSR count). The highest BCUT2D eigenvalue weighted by atomic mass is 16.7. The van der Waals surface area contributed by atoms with E-state index in [2.05, 4.69) is 35.6 Å². The van der Waals surface area contributed by atoms with Gasteiger partial charge in [0.15, 0.2) is 11.5 Å². The quantitative estimate of drug-likeness (QED) is 0.324. The molecule has 0 bridgehead atoms. The van der Waals surface area contributed by atoms with Crippen LogP contribution in [0.5, 0.6) is 17.2 Å². The smallest absolute Gasteiger partial charge is 0.319 e. The number of hydrogen-bond acceptors (Lipinski definition) is 8. The fourth-order valence-corrected chi connectivity index (χ4v) is 6.79. The molecule has 48 heavy (non-hydrogen) atoms. The third-order valence-corrected chi connectivity index (χ3v) is 9.63. The normalized spacial score (nSPS) is 23.2. The second-order valence-corrected chi connectivity index (χ2v) is 13.8. The van der Waals surface area contributed by atoms with E-state index in [0.717, 1.165) is 62.0 Å². The van der Waals surface area contributed by atoms with Crippen molar-refractivity contribution in [1.29, 1.82) is 0 Å². The van der Waals surface area contributed by atoms with Gasteiger partial charge in [0, 0.05) is 43.9 Å². The summed E-state index contributed by atoms with van der Waals surface area (Å²) >= 11 is 0. The first-order chi connectivity index (χ1) is 23.2. The molecule has 2 aliphatic heterocycles. The van der Waals surface area contributed by atoms with Crippen LogP contribution in [0.1, 0.15) is 88.1 Å². The Labute approximate surface area is 285 Å². The van der Waals surface area contributed by atoms with Crippen LogP contribution in [0, 0.1) is 5.92 Å². The van der Waals surface area contributed by atoms with Crippen LogP contribution >= 0.6 is 0 Å². The van der Waals surface area contributed by atoms with Gasteiger partial charge in [-0.3, -0.25) is 9.69 Å². The van der Waals surface area contributed by atoms with E-state index in [4.69, 9.17) is 18.9 Å².